The van der Waals surface area contributed by atoms with Crippen molar-refractivity contribution in [3.63, 3.8) is 0 Å². The molecule has 1 rings (SSSR count). The van der Waals surface area contributed by atoms with Crippen LogP contribution in [0.25, 0.3) is 0 Å². The van der Waals surface area contributed by atoms with E-state index in [4.69, 9.17) is 4.74 Å². The SMILES string of the molecule is CCC(C)C(NC(=O)OC(C)(C)C)C(=O)N(C(C)CC)C(C(=O)NC(C)(C)C)c1ccccc1C. The molecule has 0 aliphatic rings. The van der Waals surface area contributed by atoms with Gasteiger partial charge < -0.3 is 20.3 Å². The number of nitrogens with zero attached hydrogens (tertiary/aromatic N) is 1. The van der Waals surface area contributed by atoms with E-state index in [1.165, 1.54) is 0 Å². The predicted molar refractivity (Wildman–Crippen MR) is 141 cm³/mol. The van der Waals surface area contributed by atoms with Crippen molar-refractivity contribution in [2.24, 2.45) is 5.92 Å². The van der Waals surface area contributed by atoms with E-state index in [9.17, 15) is 14.4 Å². The molecule has 7 nitrogen and oxygen atoms in total. The summed E-state index contributed by atoms with van der Waals surface area (Å²) in [5.74, 6) is -0.706. The highest BCUT2D eigenvalue weighted by Crippen LogP contribution is 2.30. The third kappa shape index (κ3) is 9.19. The monoisotopic (exact) mass is 489 g/mol. The number of aryl methyl sites for hydroxylation is 1. The fourth-order valence-corrected chi connectivity index (χ4v) is 3.82. The van der Waals surface area contributed by atoms with E-state index in [2.05, 4.69) is 10.6 Å². The largest absolute Gasteiger partial charge is 0.444 e. The van der Waals surface area contributed by atoms with Gasteiger partial charge in [0.25, 0.3) is 0 Å². The summed E-state index contributed by atoms with van der Waals surface area (Å²) in [7, 11) is 0. The third-order valence-electron chi connectivity index (χ3n) is 5.98. The molecule has 1 aromatic rings. The minimum Gasteiger partial charge on any atom is -0.444 e. The van der Waals surface area contributed by atoms with Crippen LogP contribution in [0.15, 0.2) is 24.3 Å². The minimum atomic E-state index is -0.843. The molecule has 35 heavy (non-hydrogen) atoms. The average molecular weight is 490 g/mol. The molecule has 3 amide bonds. The van der Waals surface area contributed by atoms with Gasteiger partial charge in [-0.05, 0) is 78.9 Å². The number of hydrogen-bond donors (Lipinski definition) is 2. The second kappa shape index (κ2) is 12.4. The molecule has 0 saturated heterocycles. The maximum absolute atomic E-state index is 14.2. The van der Waals surface area contributed by atoms with Gasteiger partial charge in [-0.2, -0.15) is 0 Å². The molecule has 0 saturated carbocycles. The topological polar surface area (TPSA) is 87.7 Å². The third-order valence-corrected chi connectivity index (χ3v) is 5.98. The number of ether oxygens (including phenoxy) is 1. The Balaban J connectivity index is 3.61. The normalized spacial score (nSPS) is 15.4. The van der Waals surface area contributed by atoms with Crippen molar-refractivity contribution in [3.8, 4) is 0 Å². The molecular formula is C28H47N3O4. The van der Waals surface area contributed by atoms with E-state index >= 15 is 0 Å². The molecule has 2 N–H and O–H groups in total. The summed E-state index contributed by atoms with van der Waals surface area (Å²) in [4.78, 5) is 42.3. The molecule has 4 atom stereocenters. The van der Waals surface area contributed by atoms with Crippen molar-refractivity contribution in [3.05, 3.63) is 35.4 Å². The highest BCUT2D eigenvalue weighted by atomic mass is 16.6. The standard InChI is InChI=1S/C28H47N3O4/c1-12-18(3)22(29-26(34)35-28(9,10)11)25(33)31(20(5)13-2)23(24(32)30-27(6,7)8)21-17-15-14-16-19(21)4/h14-18,20,22-23H,12-13H2,1-11H3,(H,29,34)(H,30,32). The molecule has 0 spiro atoms. The Morgan fingerprint density at radius 1 is 0.971 bits per heavy atom. The van der Waals surface area contributed by atoms with E-state index in [1.54, 1.807) is 25.7 Å². The summed E-state index contributed by atoms with van der Waals surface area (Å²) in [5, 5.41) is 5.88. The molecule has 0 fully saturated rings. The second-order valence-corrected chi connectivity index (χ2v) is 11.5. The van der Waals surface area contributed by atoms with Crippen LogP contribution in [0.2, 0.25) is 0 Å². The summed E-state index contributed by atoms with van der Waals surface area (Å²) in [6, 6.07) is 5.71. The molecule has 1 aromatic carbocycles. The van der Waals surface area contributed by atoms with Crippen LogP contribution < -0.4 is 10.6 Å². The highest BCUT2D eigenvalue weighted by Gasteiger charge is 2.41. The van der Waals surface area contributed by atoms with Crippen LogP contribution in [0.4, 0.5) is 4.79 Å². The molecule has 0 heterocycles. The molecule has 4 unspecified atom stereocenters. The quantitative estimate of drug-likeness (QED) is 0.478. The number of benzene rings is 1. The van der Waals surface area contributed by atoms with Crippen molar-refractivity contribution < 1.29 is 19.1 Å². The highest BCUT2D eigenvalue weighted by molar-refractivity contribution is 5.93. The zero-order valence-corrected chi connectivity index (χ0v) is 23.6. The van der Waals surface area contributed by atoms with Crippen LogP contribution in [0.5, 0.6) is 0 Å². The lowest BCUT2D eigenvalue weighted by Crippen LogP contribution is -2.58. The Labute approximate surface area is 212 Å². The van der Waals surface area contributed by atoms with Crippen molar-refractivity contribution in [2.75, 3.05) is 0 Å². The number of hydrogen-bond acceptors (Lipinski definition) is 4. The number of carbonyl (C=O) groups is 3. The van der Waals surface area contributed by atoms with E-state index < -0.39 is 29.3 Å². The first-order valence-corrected chi connectivity index (χ1v) is 12.7. The van der Waals surface area contributed by atoms with E-state index in [1.807, 2.05) is 79.7 Å². The van der Waals surface area contributed by atoms with Gasteiger partial charge in [-0.15, -0.1) is 0 Å². The van der Waals surface area contributed by atoms with Crippen molar-refractivity contribution >= 4 is 17.9 Å². The first-order valence-electron chi connectivity index (χ1n) is 12.7. The summed E-state index contributed by atoms with van der Waals surface area (Å²) < 4.78 is 5.46. The smallest absolute Gasteiger partial charge is 0.408 e. The van der Waals surface area contributed by atoms with Crippen LogP contribution in [0.1, 0.15) is 99.2 Å². The van der Waals surface area contributed by atoms with Gasteiger partial charge >= 0.3 is 6.09 Å². The molecule has 0 aromatic heterocycles. The summed E-state index contributed by atoms with van der Waals surface area (Å²) in [6.45, 7) is 20.9. The Kier molecular flexibility index (Phi) is 10.8. The molecule has 198 valence electrons. The van der Waals surface area contributed by atoms with Crippen LogP contribution >= 0.6 is 0 Å². The number of amides is 3. The van der Waals surface area contributed by atoms with Gasteiger partial charge in [0, 0.05) is 11.6 Å². The van der Waals surface area contributed by atoms with Gasteiger partial charge in [0.15, 0.2) is 0 Å². The van der Waals surface area contributed by atoms with Crippen molar-refractivity contribution in [1.29, 1.82) is 0 Å². The van der Waals surface area contributed by atoms with E-state index in [0.717, 1.165) is 11.1 Å². The maximum atomic E-state index is 14.2. The van der Waals surface area contributed by atoms with E-state index in [-0.39, 0.29) is 23.8 Å². The number of alkyl carbamates (subject to hydrolysis) is 1. The Morgan fingerprint density at radius 2 is 1.54 bits per heavy atom. The Bertz CT molecular complexity index is 870. The number of nitrogens with one attached hydrogen (secondary N) is 2. The first-order chi connectivity index (χ1) is 16.0. The fraction of sp³-hybridized carbons (Fsp3) is 0.679. The predicted octanol–water partition coefficient (Wildman–Crippen LogP) is 5.52. The summed E-state index contributed by atoms with van der Waals surface area (Å²) >= 11 is 0. The lowest BCUT2D eigenvalue weighted by molar-refractivity contribution is -0.146. The fourth-order valence-electron chi connectivity index (χ4n) is 3.82. The lowest BCUT2D eigenvalue weighted by atomic mass is 9.92. The van der Waals surface area contributed by atoms with Gasteiger partial charge in [0.05, 0.1) is 0 Å². The molecule has 0 radical (unpaired) electrons. The molecular weight excluding hydrogens is 442 g/mol. The van der Waals surface area contributed by atoms with Gasteiger partial charge in [0.2, 0.25) is 11.8 Å². The molecule has 0 aliphatic carbocycles. The minimum absolute atomic E-state index is 0.162. The van der Waals surface area contributed by atoms with Gasteiger partial charge in [-0.25, -0.2) is 4.79 Å². The summed E-state index contributed by atoms with van der Waals surface area (Å²) in [6.07, 6.45) is 0.673. The van der Waals surface area contributed by atoms with Gasteiger partial charge in [-0.3, -0.25) is 9.59 Å². The Morgan fingerprint density at radius 3 is 2.00 bits per heavy atom. The second-order valence-electron chi connectivity index (χ2n) is 11.5. The summed E-state index contributed by atoms with van der Waals surface area (Å²) in [5.41, 5.74) is 0.512. The van der Waals surface area contributed by atoms with Crippen LogP contribution in [-0.2, 0) is 14.3 Å². The lowest BCUT2D eigenvalue weighted by Gasteiger charge is -2.40. The number of rotatable bonds is 9. The van der Waals surface area contributed by atoms with Crippen molar-refractivity contribution in [1.82, 2.24) is 15.5 Å². The van der Waals surface area contributed by atoms with Gasteiger partial charge in [-0.1, -0.05) is 51.5 Å². The zero-order chi connectivity index (χ0) is 27.1. The number of carbonyl (C=O) groups excluding carboxylic acids is 3. The maximum Gasteiger partial charge on any atom is 0.408 e. The Hall–Kier alpha value is -2.57. The van der Waals surface area contributed by atoms with E-state index in [0.29, 0.717) is 12.8 Å². The van der Waals surface area contributed by atoms with Crippen LogP contribution in [0, 0.1) is 12.8 Å². The first kappa shape index (κ1) is 30.5. The average Bonchev–Trinajstić information content (AvgIpc) is 2.72. The van der Waals surface area contributed by atoms with Crippen LogP contribution in [-0.4, -0.2) is 46.0 Å². The zero-order valence-electron chi connectivity index (χ0n) is 23.6. The molecule has 0 aliphatic heterocycles. The molecule has 7 heteroatoms. The van der Waals surface area contributed by atoms with Gasteiger partial charge in [0.1, 0.15) is 17.7 Å². The van der Waals surface area contributed by atoms with Crippen LogP contribution in [0.3, 0.4) is 0 Å². The molecule has 0 bridgehead atoms. The van der Waals surface area contributed by atoms with Crippen molar-refractivity contribution in [2.45, 2.75) is 118 Å².